The van der Waals surface area contributed by atoms with Crippen LogP contribution in [0.15, 0.2) is 82.1 Å². The van der Waals surface area contributed by atoms with Crippen molar-refractivity contribution in [3.8, 4) is 11.1 Å². The SMILES string of the molecule is CCn1c(CCCc2ccc(-c3cccc(CC=O)c3)cc2)nn(Cc2ccc(Br)cc2)c1=O. The van der Waals surface area contributed by atoms with Crippen LogP contribution in [0, 0.1) is 0 Å². The molecule has 174 valence electrons. The summed E-state index contributed by atoms with van der Waals surface area (Å²) in [5, 5.41) is 4.64. The third-order valence-electron chi connectivity index (χ3n) is 5.96. The van der Waals surface area contributed by atoms with Crippen molar-refractivity contribution in [3.63, 3.8) is 0 Å². The van der Waals surface area contributed by atoms with Crippen LogP contribution in [0.2, 0.25) is 0 Å². The minimum absolute atomic E-state index is 0.0541. The lowest BCUT2D eigenvalue weighted by Crippen LogP contribution is -2.25. The van der Waals surface area contributed by atoms with Crippen molar-refractivity contribution in [2.45, 2.75) is 45.7 Å². The highest BCUT2D eigenvalue weighted by atomic mass is 79.9. The average Bonchev–Trinajstić information content (AvgIpc) is 3.15. The molecule has 0 saturated carbocycles. The normalized spacial score (nSPS) is 11.0. The second-order valence-corrected chi connectivity index (χ2v) is 9.26. The lowest BCUT2D eigenvalue weighted by atomic mass is 9.99. The van der Waals surface area contributed by atoms with Crippen molar-refractivity contribution in [2.75, 3.05) is 0 Å². The lowest BCUT2D eigenvalue weighted by molar-refractivity contribution is -0.107. The smallest absolute Gasteiger partial charge is 0.303 e. The quantitative estimate of drug-likeness (QED) is 0.262. The zero-order valence-electron chi connectivity index (χ0n) is 19.3. The maximum absolute atomic E-state index is 12.8. The van der Waals surface area contributed by atoms with Crippen LogP contribution in [-0.2, 0) is 37.1 Å². The summed E-state index contributed by atoms with van der Waals surface area (Å²) < 4.78 is 4.35. The maximum atomic E-state index is 12.8. The Morgan fingerprint density at radius 2 is 1.62 bits per heavy atom. The molecule has 4 rings (SSSR count). The average molecular weight is 518 g/mol. The molecule has 0 unspecified atom stereocenters. The van der Waals surface area contributed by atoms with Gasteiger partial charge in [0, 0.05) is 23.9 Å². The number of benzene rings is 3. The van der Waals surface area contributed by atoms with Crippen molar-refractivity contribution < 1.29 is 4.79 Å². The van der Waals surface area contributed by atoms with Gasteiger partial charge in [0.05, 0.1) is 6.54 Å². The molecule has 0 bridgehead atoms. The van der Waals surface area contributed by atoms with Gasteiger partial charge in [-0.15, -0.1) is 0 Å². The molecular formula is C28H28BrN3O2. The maximum Gasteiger partial charge on any atom is 0.346 e. The Labute approximate surface area is 208 Å². The summed E-state index contributed by atoms with van der Waals surface area (Å²) in [7, 11) is 0. The molecule has 0 aliphatic rings. The molecule has 0 atom stereocenters. The standard InChI is InChI=1S/C28H28BrN3O2/c1-2-31-27(30-32(28(31)34)20-23-11-15-26(29)16-12-23)8-4-5-21-9-13-24(14-10-21)25-7-3-6-22(19-25)17-18-33/h3,6-7,9-16,18-19H,2,4-5,8,17,20H2,1H3. The number of aryl methyl sites for hydroxylation is 2. The number of hydrogen-bond donors (Lipinski definition) is 0. The number of carbonyl (C=O) groups is 1. The fourth-order valence-corrected chi connectivity index (χ4v) is 4.41. The van der Waals surface area contributed by atoms with Gasteiger partial charge in [-0.1, -0.05) is 76.6 Å². The Bertz CT molecular complexity index is 1300. The minimum Gasteiger partial charge on any atom is -0.303 e. The molecule has 1 aromatic heterocycles. The second-order valence-electron chi connectivity index (χ2n) is 8.35. The fraction of sp³-hybridized carbons (Fsp3) is 0.250. The van der Waals surface area contributed by atoms with Crippen LogP contribution in [0.1, 0.15) is 35.9 Å². The van der Waals surface area contributed by atoms with Crippen molar-refractivity contribution in [1.29, 1.82) is 0 Å². The first kappa shape index (κ1) is 23.9. The number of rotatable bonds is 10. The van der Waals surface area contributed by atoms with Gasteiger partial charge in [-0.05, 0) is 59.7 Å². The van der Waals surface area contributed by atoms with Crippen LogP contribution in [0.25, 0.3) is 11.1 Å². The van der Waals surface area contributed by atoms with Crippen LogP contribution in [0.4, 0.5) is 0 Å². The molecular weight excluding hydrogens is 490 g/mol. The molecule has 0 N–H and O–H groups in total. The van der Waals surface area contributed by atoms with E-state index in [4.69, 9.17) is 0 Å². The Hall–Kier alpha value is -3.25. The third-order valence-corrected chi connectivity index (χ3v) is 6.49. The highest BCUT2D eigenvalue weighted by Crippen LogP contribution is 2.22. The molecule has 34 heavy (non-hydrogen) atoms. The zero-order chi connectivity index (χ0) is 23.9. The molecule has 6 heteroatoms. The summed E-state index contributed by atoms with van der Waals surface area (Å²) in [4.78, 5) is 23.6. The largest absolute Gasteiger partial charge is 0.346 e. The molecule has 0 fully saturated rings. The van der Waals surface area contributed by atoms with E-state index in [1.807, 2.05) is 43.3 Å². The minimum atomic E-state index is -0.0541. The monoisotopic (exact) mass is 517 g/mol. The Morgan fingerprint density at radius 1 is 0.882 bits per heavy atom. The molecule has 5 nitrogen and oxygen atoms in total. The number of nitrogens with zero attached hydrogens (tertiary/aromatic N) is 3. The summed E-state index contributed by atoms with van der Waals surface area (Å²) in [5.41, 5.74) is 5.54. The van der Waals surface area contributed by atoms with Crippen LogP contribution in [-0.4, -0.2) is 20.6 Å². The van der Waals surface area contributed by atoms with Crippen molar-refractivity contribution in [1.82, 2.24) is 14.3 Å². The van der Waals surface area contributed by atoms with Crippen LogP contribution >= 0.6 is 15.9 Å². The lowest BCUT2D eigenvalue weighted by Gasteiger charge is -2.06. The van der Waals surface area contributed by atoms with Crippen molar-refractivity contribution in [3.05, 3.63) is 110 Å². The number of aromatic nitrogens is 3. The van der Waals surface area contributed by atoms with Gasteiger partial charge < -0.3 is 4.79 Å². The van der Waals surface area contributed by atoms with Gasteiger partial charge in [0.25, 0.3) is 0 Å². The van der Waals surface area contributed by atoms with E-state index in [9.17, 15) is 9.59 Å². The van der Waals surface area contributed by atoms with Crippen LogP contribution < -0.4 is 5.69 Å². The van der Waals surface area contributed by atoms with Gasteiger partial charge in [0.15, 0.2) is 0 Å². The van der Waals surface area contributed by atoms with E-state index in [1.165, 1.54) is 5.56 Å². The van der Waals surface area contributed by atoms with Crippen LogP contribution in [0.3, 0.4) is 0 Å². The predicted octanol–water partition coefficient (Wildman–Crippen LogP) is 5.46. The van der Waals surface area contributed by atoms with Gasteiger partial charge in [0.1, 0.15) is 12.1 Å². The van der Waals surface area contributed by atoms with Gasteiger partial charge in [-0.2, -0.15) is 5.10 Å². The highest BCUT2D eigenvalue weighted by molar-refractivity contribution is 9.10. The third kappa shape index (κ3) is 5.81. The Morgan fingerprint density at radius 3 is 2.32 bits per heavy atom. The van der Waals surface area contributed by atoms with Gasteiger partial charge in [-0.3, -0.25) is 4.57 Å². The number of halogens is 1. The first-order valence-corrected chi connectivity index (χ1v) is 12.4. The molecule has 0 amide bonds. The topological polar surface area (TPSA) is 56.9 Å². The summed E-state index contributed by atoms with van der Waals surface area (Å²) in [5.74, 6) is 0.841. The summed E-state index contributed by atoms with van der Waals surface area (Å²) in [6.45, 7) is 3.08. The number of aldehydes is 1. The first-order chi connectivity index (χ1) is 16.6. The summed E-state index contributed by atoms with van der Waals surface area (Å²) in [6, 6.07) is 24.6. The van der Waals surface area contributed by atoms with Crippen molar-refractivity contribution in [2.24, 2.45) is 0 Å². The number of carbonyl (C=O) groups excluding carboxylic acids is 1. The predicted molar refractivity (Wildman–Crippen MR) is 139 cm³/mol. The molecule has 1 heterocycles. The zero-order valence-corrected chi connectivity index (χ0v) is 20.9. The Balaban J connectivity index is 1.39. The first-order valence-electron chi connectivity index (χ1n) is 11.6. The van der Waals surface area contributed by atoms with Gasteiger partial charge in [0.2, 0.25) is 0 Å². The van der Waals surface area contributed by atoms with Gasteiger partial charge in [-0.25, -0.2) is 9.48 Å². The van der Waals surface area contributed by atoms with E-state index in [0.29, 0.717) is 19.5 Å². The Kier molecular flexibility index (Phi) is 7.91. The summed E-state index contributed by atoms with van der Waals surface area (Å²) in [6.07, 6.45) is 3.97. The molecule has 0 aliphatic carbocycles. The van der Waals surface area contributed by atoms with E-state index in [2.05, 4.69) is 57.4 Å². The molecule has 0 spiro atoms. The summed E-state index contributed by atoms with van der Waals surface area (Å²) >= 11 is 3.44. The number of hydrogen-bond acceptors (Lipinski definition) is 3. The van der Waals surface area contributed by atoms with E-state index >= 15 is 0 Å². The second kappa shape index (κ2) is 11.3. The van der Waals surface area contributed by atoms with E-state index in [0.717, 1.165) is 58.1 Å². The molecule has 3 aromatic carbocycles. The van der Waals surface area contributed by atoms with E-state index in [1.54, 1.807) is 9.25 Å². The van der Waals surface area contributed by atoms with Crippen molar-refractivity contribution >= 4 is 22.2 Å². The molecule has 0 radical (unpaired) electrons. The van der Waals surface area contributed by atoms with Crippen LogP contribution in [0.5, 0.6) is 0 Å². The molecule has 0 saturated heterocycles. The molecule has 0 aliphatic heterocycles. The molecule has 4 aromatic rings. The van der Waals surface area contributed by atoms with Gasteiger partial charge >= 0.3 is 5.69 Å². The highest BCUT2D eigenvalue weighted by Gasteiger charge is 2.12. The van der Waals surface area contributed by atoms with E-state index < -0.39 is 0 Å². The van der Waals surface area contributed by atoms with E-state index in [-0.39, 0.29) is 5.69 Å². The fourth-order valence-electron chi connectivity index (χ4n) is 4.14.